The van der Waals surface area contributed by atoms with Gasteiger partial charge in [0.1, 0.15) is 0 Å². The molecule has 0 radical (unpaired) electrons. The lowest BCUT2D eigenvalue weighted by Gasteiger charge is -2.06. The van der Waals surface area contributed by atoms with Gasteiger partial charge in [0.05, 0.1) is 5.03 Å². The fraction of sp³-hybridized carbons (Fsp3) is 0.273. The third-order valence-corrected chi connectivity index (χ3v) is 2.14. The van der Waals surface area contributed by atoms with Crippen LogP contribution in [0.2, 0.25) is 0 Å². The highest BCUT2D eigenvalue weighted by atomic mass is 35.5. The second kappa shape index (κ2) is 5.00. The van der Waals surface area contributed by atoms with E-state index in [-0.39, 0.29) is 0 Å². The van der Waals surface area contributed by atoms with Gasteiger partial charge in [-0.05, 0) is 37.5 Å². The van der Waals surface area contributed by atoms with Crippen LogP contribution in [-0.4, -0.2) is 0 Å². The SMILES string of the molecule is C=C/C(C)=C(Cl)/C(=C/C)C(=C)C. The van der Waals surface area contributed by atoms with Gasteiger partial charge in [-0.1, -0.05) is 36.9 Å². The van der Waals surface area contributed by atoms with Gasteiger partial charge in [-0.15, -0.1) is 0 Å². The highest BCUT2D eigenvalue weighted by molar-refractivity contribution is 6.33. The zero-order valence-electron chi connectivity index (χ0n) is 7.95. The first-order valence-electron chi connectivity index (χ1n) is 3.86. The molecule has 0 aliphatic heterocycles. The quantitative estimate of drug-likeness (QED) is 0.574. The predicted octanol–water partition coefficient (Wildman–Crippen LogP) is 4.21. The van der Waals surface area contributed by atoms with Gasteiger partial charge >= 0.3 is 0 Å². The van der Waals surface area contributed by atoms with Crippen LogP contribution in [0.1, 0.15) is 20.8 Å². The van der Waals surface area contributed by atoms with Crippen molar-refractivity contribution < 1.29 is 0 Å². The molecule has 0 aromatic heterocycles. The Balaban J connectivity index is 5.03. The lowest BCUT2D eigenvalue weighted by molar-refractivity contribution is 1.36. The van der Waals surface area contributed by atoms with E-state index in [2.05, 4.69) is 13.2 Å². The van der Waals surface area contributed by atoms with E-state index >= 15 is 0 Å². The molecule has 0 bridgehead atoms. The molecule has 66 valence electrons. The highest BCUT2D eigenvalue weighted by Crippen LogP contribution is 2.24. The van der Waals surface area contributed by atoms with Crippen LogP contribution < -0.4 is 0 Å². The number of hydrogen-bond acceptors (Lipinski definition) is 0. The Morgan fingerprint density at radius 3 is 2.08 bits per heavy atom. The van der Waals surface area contributed by atoms with Crippen molar-refractivity contribution >= 4 is 11.6 Å². The molecule has 0 amide bonds. The van der Waals surface area contributed by atoms with E-state index in [4.69, 9.17) is 11.6 Å². The molecule has 0 rings (SSSR count). The van der Waals surface area contributed by atoms with E-state index in [1.165, 1.54) is 0 Å². The van der Waals surface area contributed by atoms with Crippen molar-refractivity contribution in [3.63, 3.8) is 0 Å². The van der Waals surface area contributed by atoms with Crippen LogP contribution in [0.3, 0.4) is 0 Å². The van der Waals surface area contributed by atoms with Crippen molar-refractivity contribution in [2.24, 2.45) is 0 Å². The summed E-state index contributed by atoms with van der Waals surface area (Å²) in [5.41, 5.74) is 2.95. The summed E-state index contributed by atoms with van der Waals surface area (Å²) in [6, 6.07) is 0. The van der Waals surface area contributed by atoms with Gasteiger partial charge in [0.25, 0.3) is 0 Å². The molecule has 0 spiro atoms. The Bertz CT molecular complexity index is 254. The molecule has 1 heteroatoms. The molecule has 0 atom stereocenters. The van der Waals surface area contributed by atoms with E-state index in [0.29, 0.717) is 0 Å². The molecule has 0 fully saturated rings. The maximum Gasteiger partial charge on any atom is 0.0506 e. The van der Waals surface area contributed by atoms with Crippen molar-refractivity contribution in [3.05, 3.63) is 47.1 Å². The summed E-state index contributed by atoms with van der Waals surface area (Å²) in [7, 11) is 0. The van der Waals surface area contributed by atoms with Crippen LogP contribution in [0.4, 0.5) is 0 Å². The molecule has 0 aliphatic rings. The Hall–Kier alpha value is -0.750. The summed E-state index contributed by atoms with van der Waals surface area (Å²) in [6.07, 6.45) is 3.70. The van der Waals surface area contributed by atoms with Gasteiger partial charge in [0, 0.05) is 0 Å². The van der Waals surface area contributed by atoms with Crippen LogP contribution in [-0.2, 0) is 0 Å². The van der Waals surface area contributed by atoms with Gasteiger partial charge in [-0.25, -0.2) is 0 Å². The van der Waals surface area contributed by atoms with Gasteiger partial charge in [-0.2, -0.15) is 0 Å². The van der Waals surface area contributed by atoms with Crippen LogP contribution in [0.15, 0.2) is 47.1 Å². The van der Waals surface area contributed by atoms with Crippen molar-refractivity contribution in [1.82, 2.24) is 0 Å². The zero-order chi connectivity index (χ0) is 9.72. The molecule has 12 heavy (non-hydrogen) atoms. The van der Waals surface area contributed by atoms with Crippen LogP contribution in [0, 0.1) is 0 Å². The van der Waals surface area contributed by atoms with Crippen LogP contribution >= 0.6 is 11.6 Å². The average Bonchev–Trinajstić information content (AvgIpc) is 2.03. The molecular formula is C11H15Cl. The molecule has 0 heterocycles. The maximum atomic E-state index is 6.07. The second-order valence-corrected chi connectivity index (χ2v) is 3.06. The summed E-state index contributed by atoms with van der Waals surface area (Å²) in [4.78, 5) is 0. The first-order valence-corrected chi connectivity index (χ1v) is 4.23. The standard InChI is InChI=1S/C11H15Cl/c1-6-9(5)11(12)10(7-2)8(3)4/h6-7H,1,3H2,2,4-5H3/b10-7+,11-9-. The normalized spacial score (nSPS) is 13.8. The number of halogens is 1. The van der Waals surface area contributed by atoms with Crippen LogP contribution in [0.5, 0.6) is 0 Å². The van der Waals surface area contributed by atoms with Gasteiger partial charge in [0.15, 0.2) is 0 Å². The molecule has 0 saturated carbocycles. The Labute approximate surface area is 79.9 Å². The lowest BCUT2D eigenvalue weighted by atomic mass is 10.1. The highest BCUT2D eigenvalue weighted by Gasteiger charge is 2.03. The molecule has 0 aromatic carbocycles. The number of rotatable bonds is 3. The van der Waals surface area contributed by atoms with Crippen molar-refractivity contribution in [1.29, 1.82) is 0 Å². The largest absolute Gasteiger partial charge is 0.0987 e. The maximum absolute atomic E-state index is 6.07. The van der Waals surface area contributed by atoms with Crippen molar-refractivity contribution in [2.45, 2.75) is 20.8 Å². The van der Waals surface area contributed by atoms with Crippen LogP contribution in [0.25, 0.3) is 0 Å². The second-order valence-electron chi connectivity index (χ2n) is 2.68. The molecule has 0 aromatic rings. The Morgan fingerprint density at radius 2 is 1.83 bits per heavy atom. The molecule has 0 saturated heterocycles. The smallest absolute Gasteiger partial charge is 0.0506 e. The molecule has 0 unspecified atom stereocenters. The molecule has 0 N–H and O–H groups in total. The van der Waals surface area contributed by atoms with E-state index in [1.807, 2.05) is 26.8 Å². The Morgan fingerprint density at radius 1 is 1.33 bits per heavy atom. The number of allylic oxidation sites excluding steroid dienone is 6. The fourth-order valence-corrected chi connectivity index (χ4v) is 1.21. The predicted molar refractivity (Wildman–Crippen MR) is 57.3 cm³/mol. The van der Waals surface area contributed by atoms with E-state index in [0.717, 1.165) is 21.8 Å². The minimum atomic E-state index is 0.736. The van der Waals surface area contributed by atoms with Gasteiger partial charge in [0.2, 0.25) is 0 Å². The van der Waals surface area contributed by atoms with E-state index in [9.17, 15) is 0 Å². The average molecular weight is 183 g/mol. The zero-order valence-corrected chi connectivity index (χ0v) is 8.70. The minimum absolute atomic E-state index is 0.736. The van der Waals surface area contributed by atoms with Gasteiger partial charge < -0.3 is 0 Å². The molecular weight excluding hydrogens is 168 g/mol. The monoisotopic (exact) mass is 182 g/mol. The third-order valence-electron chi connectivity index (χ3n) is 1.64. The van der Waals surface area contributed by atoms with E-state index < -0.39 is 0 Å². The fourth-order valence-electron chi connectivity index (χ4n) is 0.862. The number of hydrogen-bond donors (Lipinski definition) is 0. The third kappa shape index (κ3) is 2.71. The molecule has 0 nitrogen and oxygen atoms in total. The summed E-state index contributed by atoms with van der Waals surface area (Å²) in [5, 5.41) is 0.736. The minimum Gasteiger partial charge on any atom is -0.0987 e. The first-order chi connectivity index (χ1) is 5.54. The molecule has 0 aliphatic carbocycles. The van der Waals surface area contributed by atoms with E-state index in [1.54, 1.807) is 6.08 Å². The van der Waals surface area contributed by atoms with Crippen molar-refractivity contribution in [3.8, 4) is 0 Å². The summed E-state index contributed by atoms with van der Waals surface area (Å²) >= 11 is 6.07. The van der Waals surface area contributed by atoms with Gasteiger partial charge in [-0.3, -0.25) is 0 Å². The summed E-state index contributed by atoms with van der Waals surface area (Å²) in [5.74, 6) is 0. The topological polar surface area (TPSA) is 0 Å². The summed E-state index contributed by atoms with van der Waals surface area (Å²) in [6.45, 7) is 13.3. The Kier molecular flexibility index (Phi) is 4.68. The lowest BCUT2D eigenvalue weighted by Crippen LogP contribution is -1.86. The first kappa shape index (κ1) is 11.2. The van der Waals surface area contributed by atoms with Crippen molar-refractivity contribution in [2.75, 3.05) is 0 Å². The summed E-state index contributed by atoms with van der Waals surface area (Å²) < 4.78 is 0.